The smallest absolute Gasteiger partial charge is 0.162 e. The van der Waals surface area contributed by atoms with E-state index in [4.69, 9.17) is 0 Å². The maximum absolute atomic E-state index is 11.7. The van der Waals surface area contributed by atoms with E-state index in [9.17, 15) is 9.90 Å². The molecule has 0 saturated heterocycles. The first-order chi connectivity index (χ1) is 21.1. The second-order valence-electron chi connectivity index (χ2n) is 12.2. The van der Waals surface area contributed by atoms with Crippen molar-refractivity contribution < 1.29 is 30.0 Å². The van der Waals surface area contributed by atoms with Crippen LogP contribution >= 0.6 is 11.3 Å². The van der Waals surface area contributed by atoms with Gasteiger partial charge in [-0.05, 0) is 48.6 Å². The van der Waals surface area contributed by atoms with E-state index >= 15 is 0 Å². The molecular weight excluding hydrogens is 755 g/mol. The molecule has 5 aromatic rings. The number of hydrogen-bond acceptors (Lipinski definition) is 6. The van der Waals surface area contributed by atoms with Crippen LogP contribution in [0.2, 0.25) is 0 Å². The Morgan fingerprint density at radius 3 is 2.27 bits per heavy atom. The summed E-state index contributed by atoms with van der Waals surface area (Å²) in [5, 5.41) is 15.3. The predicted octanol–water partition coefficient (Wildman–Crippen LogP) is 10.5. The summed E-state index contributed by atoms with van der Waals surface area (Å²) in [4.78, 5) is 25.2. The van der Waals surface area contributed by atoms with E-state index in [0.29, 0.717) is 0 Å². The van der Waals surface area contributed by atoms with E-state index in [-0.39, 0.29) is 48.9 Å². The number of aliphatic hydroxyl groups is 1. The normalized spacial score (nSPS) is 11.9. The Balaban J connectivity index is 0.000000297. The zero-order chi connectivity index (χ0) is 31.9. The molecule has 5 nitrogen and oxygen atoms in total. The number of aliphatic hydroxyl groups excluding tert-OH is 1. The average Bonchev–Trinajstić information content (AvgIpc) is 3.51. The second kappa shape index (κ2) is 16.4. The molecule has 0 saturated carbocycles. The number of carbonyl (C=O) groups is 1. The van der Waals surface area contributed by atoms with Crippen LogP contribution in [0.1, 0.15) is 79.7 Å². The van der Waals surface area contributed by atoms with Gasteiger partial charge in [-0.1, -0.05) is 77.6 Å². The molecule has 0 aliphatic heterocycles. The van der Waals surface area contributed by atoms with E-state index in [0.717, 1.165) is 59.0 Å². The van der Waals surface area contributed by atoms with E-state index < -0.39 is 0 Å². The Morgan fingerprint density at radius 1 is 0.933 bits per heavy atom. The van der Waals surface area contributed by atoms with Crippen molar-refractivity contribution >= 4 is 38.0 Å². The van der Waals surface area contributed by atoms with Gasteiger partial charge in [-0.15, -0.1) is 40.5 Å². The van der Waals surface area contributed by atoms with Crippen LogP contribution in [0, 0.1) is 17.9 Å². The minimum Gasteiger partial charge on any atom is -0.512 e. The summed E-state index contributed by atoms with van der Waals surface area (Å²) in [5.74, 6) is 0.547. The number of allylic oxidation sites excluding steroid dienone is 2. The first-order valence-electron chi connectivity index (χ1n) is 15.6. The summed E-state index contributed by atoms with van der Waals surface area (Å²) in [6, 6.07) is 18.4. The summed E-state index contributed by atoms with van der Waals surface area (Å²) in [5.41, 5.74) is 5.10. The standard InChI is InChI=1S/C25H20N3S.C13H24O2.Ir/c1-25(2,3)21-11-18(10-16-6-4-5-7-19(16)21)22-12-23(28-15-27-22)20-14-26-13-17-8-9-29-24(17)20;1-5-10(6-2)12(14)9-13(15)11(7-3)8-4;/h4-9,11-15H,1-3H3;9-11,14H,5-8H2,1-4H3;/q-1;;/b;12-9-;. The van der Waals surface area contributed by atoms with E-state index in [2.05, 4.69) is 83.6 Å². The molecule has 239 valence electrons. The fourth-order valence-corrected chi connectivity index (χ4v) is 6.38. The van der Waals surface area contributed by atoms with Gasteiger partial charge in [-0.3, -0.25) is 14.8 Å². The Bertz CT molecular complexity index is 1750. The van der Waals surface area contributed by atoms with Crippen LogP contribution in [0.25, 0.3) is 43.4 Å². The quantitative estimate of drug-likeness (QED) is 0.0913. The van der Waals surface area contributed by atoms with Gasteiger partial charge in [-0.2, -0.15) is 0 Å². The molecule has 0 bridgehead atoms. The molecule has 0 unspecified atom stereocenters. The molecule has 7 heteroatoms. The Hall–Kier alpha value is -3.25. The summed E-state index contributed by atoms with van der Waals surface area (Å²) in [6.45, 7) is 14.8. The van der Waals surface area contributed by atoms with Gasteiger partial charge >= 0.3 is 0 Å². The molecule has 1 radical (unpaired) electrons. The molecule has 3 aromatic heterocycles. The summed E-state index contributed by atoms with van der Waals surface area (Å²) < 4.78 is 1.20. The van der Waals surface area contributed by atoms with Gasteiger partial charge in [0.25, 0.3) is 0 Å². The number of fused-ring (bicyclic) bond motifs is 2. The van der Waals surface area contributed by atoms with E-state index in [1.807, 2.05) is 46.2 Å². The number of aromatic nitrogens is 3. The first-order valence-corrected chi connectivity index (χ1v) is 16.5. The van der Waals surface area contributed by atoms with Gasteiger partial charge in [0.05, 0.1) is 11.5 Å². The zero-order valence-corrected chi connectivity index (χ0v) is 30.6. The fraction of sp³-hybridized carbons (Fsp3) is 0.368. The molecule has 0 aliphatic rings. The minimum atomic E-state index is 0. The van der Waals surface area contributed by atoms with Crippen molar-refractivity contribution in [1.82, 2.24) is 15.0 Å². The van der Waals surface area contributed by atoms with E-state index in [1.54, 1.807) is 17.7 Å². The molecule has 0 fully saturated rings. The first kappa shape index (κ1) is 36.2. The second-order valence-corrected chi connectivity index (χ2v) is 13.1. The average molecular weight is 799 g/mol. The Kier molecular flexibility index (Phi) is 13.2. The maximum atomic E-state index is 11.7. The van der Waals surface area contributed by atoms with Crippen molar-refractivity contribution in [2.24, 2.45) is 11.8 Å². The zero-order valence-electron chi connectivity index (χ0n) is 27.4. The van der Waals surface area contributed by atoms with Crippen molar-refractivity contribution in [3.63, 3.8) is 0 Å². The topological polar surface area (TPSA) is 76.0 Å². The summed E-state index contributed by atoms with van der Waals surface area (Å²) in [6.07, 6.45) is 10.3. The van der Waals surface area contributed by atoms with Gasteiger partial charge in [0, 0.05) is 71.8 Å². The number of pyridine rings is 1. The predicted molar refractivity (Wildman–Crippen MR) is 185 cm³/mol. The number of carbonyl (C=O) groups excluding carboxylic acids is 1. The van der Waals surface area contributed by atoms with Crippen LogP contribution in [0.5, 0.6) is 0 Å². The van der Waals surface area contributed by atoms with Gasteiger partial charge in [0.2, 0.25) is 0 Å². The van der Waals surface area contributed by atoms with Crippen LogP contribution in [-0.4, -0.2) is 25.8 Å². The molecule has 2 aromatic carbocycles. The monoisotopic (exact) mass is 799 g/mol. The number of benzene rings is 2. The van der Waals surface area contributed by atoms with Crippen LogP contribution in [-0.2, 0) is 30.3 Å². The maximum Gasteiger partial charge on any atom is 0.162 e. The SMILES string of the molecule is CC(C)(C)c1cc(-c2cc(-c3cncc4ccsc34)ncn2)[c-]c2ccccc12.CCC(CC)C(=O)/C=C(\O)C(CC)CC.[Ir]. The van der Waals surface area contributed by atoms with Gasteiger partial charge in [-0.25, -0.2) is 4.98 Å². The van der Waals surface area contributed by atoms with Crippen molar-refractivity contribution in [2.75, 3.05) is 0 Å². The van der Waals surface area contributed by atoms with Crippen LogP contribution < -0.4 is 0 Å². The third-order valence-electron chi connectivity index (χ3n) is 8.24. The summed E-state index contributed by atoms with van der Waals surface area (Å²) >= 11 is 1.71. The molecular formula is C38H44IrN3O2S-. The Morgan fingerprint density at radius 2 is 1.60 bits per heavy atom. The van der Waals surface area contributed by atoms with Gasteiger partial charge in [0.15, 0.2) is 5.78 Å². The number of rotatable bonds is 9. The van der Waals surface area contributed by atoms with Crippen molar-refractivity contribution in [1.29, 1.82) is 0 Å². The number of hydrogen-bond donors (Lipinski definition) is 1. The molecule has 1 N–H and O–H groups in total. The fourth-order valence-electron chi connectivity index (χ4n) is 5.49. The summed E-state index contributed by atoms with van der Waals surface area (Å²) in [7, 11) is 0. The molecule has 3 heterocycles. The molecule has 5 rings (SSSR count). The van der Waals surface area contributed by atoms with Crippen LogP contribution in [0.3, 0.4) is 0 Å². The van der Waals surface area contributed by atoms with Crippen LogP contribution in [0.15, 0.2) is 78.4 Å². The third-order valence-corrected chi connectivity index (χ3v) is 9.21. The third kappa shape index (κ3) is 8.72. The van der Waals surface area contributed by atoms with Crippen molar-refractivity contribution in [3.05, 3.63) is 90.0 Å². The number of ketones is 1. The van der Waals surface area contributed by atoms with Crippen molar-refractivity contribution in [3.8, 4) is 22.5 Å². The number of thiophene rings is 1. The van der Waals surface area contributed by atoms with Crippen molar-refractivity contribution in [2.45, 2.75) is 79.6 Å². The molecule has 45 heavy (non-hydrogen) atoms. The van der Waals surface area contributed by atoms with Gasteiger partial charge in [0.1, 0.15) is 6.33 Å². The molecule has 0 spiro atoms. The largest absolute Gasteiger partial charge is 0.512 e. The van der Waals surface area contributed by atoms with E-state index in [1.165, 1.54) is 21.7 Å². The molecule has 0 atom stereocenters. The van der Waals surface area contributed by atoms with Gasteiger partial charge < -0.3 is 5.11 Å². The molecule has 0 aliphatic carbocycles. The number of nitrogens with zero attached hydrogens (tertiary/aromatic N) is 3. The molecule has 0 amide bonds. The van der Waals surface area contributed by atoms with Crippen LogP contribution in [0.4, 0.5) is 0 Å². The minimum absolute atomic E-state index is 0. The Labute approximate surface area is 285 Å².